The first-order chi connectivity index (χ1) is 10.1. The molecule has 0 saturated heterocycles. The van der Waals surface area contributed by atoms with Crippen molar-refractivity contribution in [2.75, 3.05) is 6.54 Å². The highest BCUT2D eigenvalue weighted by molar-refractivity contribution is 6.42. The van der Waals surface area contributed by atoms with Crippen molar-refractivity contribution >= 4 is 35.2 Å². The van der Waals surface area contributed by atoms with Crippen LogP contribution in [-0.2, 0) is 11.3 Å². The van der Waals surface area contributed by atoms with Gasteiger partial charge in [0.05, 0.1) is 10.0 Å². The van der Waals surface area contributed by atoms with Gasteiger partial charge in [-0.15, -0.1) is 0 Å². The molecular formula is C14H14Cl2N4O. The number of aryl methyl sites for hydroxylation is 1. The quantitative estimate of drug-likeness (QED) is 0.656. The summed E-state index contributed by atoms with van der Waals surface area (Å²) in [7, 11) is 0. The Labute approximate surface area is 132 Å². The average Bonchev–Trinajstić information content (AvgIpc) is 2.98. The molecule has 110 valence electrons. The number of nitrogens with zero attached hydrogens (tertiary/aromatic N) is 3. The van der Waals surface area contributed by atoms with Gasteiger partial charge in [-0.3, -0.25) is 9.48 Å². The minimum Gasteiger partial charge on any atom is -0.352 e. The lowest BCUT2D eigenvalue weighted by Gasteiger charge is -2.02. The van der Waals surface area contributed by atoms with E-state index >= 15 is 0 Å². The number of halogens is 2. The highest BCUT2D eigenvalue weighted by Crippen LogP contribution is 2.22. The Morgan fingerprint density at radius 2 is 2.19 bits per heavy atom. The monoisotopic (exact) mass is 324 g/mol. The fourth-order valence-corrected chi connectivity index (χ4v) is 1.95. The van der Waals surface area contributed by atoms with E-state index < -0.39 is 0 Å². The Balaban J connectivity index is 1.73. The first-order valence-corrected chi connectivity index (χ1v) is 7.14. The summed E-state index contributed by atoms with van der Waals surface area (Å²) in [6.07, 6.45) is 7.07. The van der Waals surface area contributed by atoms with Crippen LogP contribution in [0.15, 0.2) is 36.9 Å². The van der Waals surface area contributed by atoms with Crippen LogP contribution in [0.4, 0.5) is 0 Å². The van der Waals surface area contributed by atoms with Gasteiger partial charge in [-0.2, -0.15) is 5.10 Å². The second-order valence-corrected chi connectivity index (χ2v) is 5.12. The highest BCUT2D eigenvalue weighted by Gasteiger charge is 1.99. The van der Waals surface area contributed by atoms with Crippen LogP contribution in [0, 0.1) is 0 Å². The van der Waals surface area contributed by atoms with Crippen LogP contribution in [0.1, 0.15) is 12.0 Å². The van der Waals surface area contributed by atoms with Crippen LogP contribution in [0.25, 0.3) is 6.08 Å². The van der Waals surface area contributed by atoms with Gasteiger partial charge in [0.1, 0.15) is 12.7 Å². The van der Waals surface area contributed by atoms with Gasteiger partial charge < -0.3 is 5.32 Å². The fraction of sp³-hybridized carbons (Fsp3) is 0.214. The third-order valence-electron chi connectivity index (χ3n) is 2.70. The van der Waals surface area contributed by atoms with Crippen molar-refractivity contribution in [3.8, 4) is 0 Å². The van der Waals surface area contributed by atoms with Crippen LogP contribution in [0.2, 0.25) is 10.0 Å². The van der Waals surface area contributed by atoms with Crippen LogP contribution < -0.4 is 5.32 Å². The highest BCUT2D eigenvalue weighted by atomic mass is 35.5. The molecule has 2 aromatic rings. The molecule has 0 radical (unpaired) electrons. The second kappa shape index (κ2) is 7.81. The number of hydrogen-bond donors (Lipinski definition) is 1. The lowest BCUT2D eigenvalue weighted by atomic mass is 10.2. The van der Waals surface area contributed by atoms with Crippen molar-refractivity contribution in [1.82, 2.24) is 20.1 Å². The molecule has 0 saturated carbocycles. The summed E-state index contributed by atoms with van der Waals surface area (Å²) in [4.78, 5) is 15.5. The number of aromatic nitrogens is 3. The zero-order valence-corrected chi connectivity index (χ0v) is 12.7. The van der Waals surface area contributed by atoms with E-state index in [2.05, 4.69) is 15.4 Å². The summed E-state index contributed by atoms with van der Waals surface area (Å²) in [5.41, 5.74) is 0.821. The molecule has 21 heavy (non-hydrogen) atoms. The van der Waals surface area contributed by atoms with Gasteiger partial charge in [-0.25, -0.2) is 4.98 Å². The number of hydrogen-bond acceptors (Lipinski definition) is 3. The van der Waals surface area contributed by atoms with E-state index in [-0.39, 0.29) is 5.91 Å². The van der Waals surface area contributed by atoms with Crippen LogP contribution >= 0.6 is 23.2 Å². The van der Waals surface area contributed by atoms with Crippen molar-refractivity contribution in [3.63, 3.8) is 0 Å². The summed E-state index contributed by atoms with van der Waals surface area (Å²) >= 11 is 11.7. The molecule has 1 aromatic carbocycles. The molecule has 1 N–H and O–H groups in total. The van der Waals surface area contributed by atoms with Crippen LogP contribution in [0.5, 0.6) is 0 Å². The summed E-state index contributed by atoms with van der Waals surface area (Å²) in [5.74, 6) is -0.153. The van der Waals surface area contributed by atoms with Gasteiger partial charge in [0, 0.05) is 19.2 Å². The summed E-state index contributed by atoms with van der Waals surface area (Å²) in [6.45, 7) is 1.29. The molecule has 1 amide bonds. The summed E-state index contributed by atoms with van der Waals surface area (Å²) < 4.78 is 1.72. The summed E-state index contributed by atoms with van der Waals surface area (Å²) in [6, 6.07) is 5.20. The van der Waals surface area contributed by atoms with E-state index in [4.69, 9.17) is 23.2 Å². The Kier molecular flexibility index (Phi) is 5.78. The Bertz CT molecular complexity index is 626. The molecule has 0 fully saturated rings. The van der Waals surface area contributed by atoms with Crippen molar-refractivity contribution in [1.29, 1.82) is 0 Å². The zero-order chi connectivity index (χ0) is 15.1. The number of amides is 1. The second-order valence-electron chi connectivity index (χ2n) is 4.31. The predicted octanol–water partition coefficient (Wildman–Crippen LogP) is 2.80. The predicted molar refractivity (Wildman–Crippen MR) is 83.1 cm³/mol. The van der Waals surface area contributed by atoms with Gasteiger partial charge in [-0.1, -0.05) is 29.3 Å². The third-order valence-corrected chi connectivity index (χ3v) is 3.44. The average molecular weight is 325 g/mol. The van der Waals surface area contributed by atoms with E-state index in [9.17, 15) is 4.79 Å². The number of benzene rings is 1. The molecule has 2 rings (SSSR count). The normalized spacial score (nSPS) is 11.0. The smallest absolute Gasteiger partial charge is 0.244 e. The standard InChI is InChI=1S/C14H14Cl2N4O/c15-12-4-2-11(8-13(12)16)3-5-14(21)18-6-1-7-20-10-17-9-19-20/h2-5,8-10H,1,6-7H2,(H,18,21)/b5-3+. The number of nitrogens with one attached hydrogen (secondary N) is 1. The molecule has 1 aromatic heterocycles. The molecular weight excluding hydrogens is 311 g/mol. The van der Waals surface area contributed by atoms with E-state index in [0.29, 0.717) is 16.6 Å². The minimum absolute atomic E-state index is 0.153. The molecule has 7 heteroatoms. The van der Waals surface area contributed by atoms with E-state index in [0.717, 1.165) is 18.5 Å². The Hall–Kier alpha value is -1.85. The fourth-order valence-electron chi connectivity index (χ4n) is 1.65. The first kappa shape index (κ1) is 15.5. The van der Waals surface area contributed by atoms with E-state index in [1.165, 1.54) is 12.4 Å². The lowest BCUT2D eigenvalue weighted by molar-refractivity contribution is -0.116. The number of carbonyl (C=O) groups excluding carboxylic acids is 1. The minimum atomic E-state index is -0.153. The van der Waals surface area contributed by atoms with Crippen molar-refractivity contribution in [3.05, 3.63) is 52.5 Å². The van der Waals surface area contributed by atoms with Crippen LogP contribution in [-0.4, -0.2) is 27.2 Å². The largest absolute Gasteiger partial charge is 0.352 e. The molecule has 0 spiro atoms. The third kappa shape index (κ3) is 5.21. The van der Waals surface area contributed by atoms with Crippen LogP contribution in [0.3, 0.4) is 0 Å². The molecule has 0 aliphatic rings. The van der Waals surface area contributed by atoms with Crippen molar-refractivity contribution in [2.45, 2.75) is 13.0 Å². The molecule has 0 atom stereocenters. The number of rotatable bonds is 6. The van der Waals surface area contributed by atoms with Gasteiger partial charge in [0.15, 0.2) is 0 Å². The maximum atomic E-state index is 11.6. The van der Waals surface area contributed by atoms with Gasteiger partial charge in [-0.05, 0) is 30.2 Å². The molecule has 1 heterocycles. The van der Waals surface area contributed by atoms with Gasteiger partial charge in [0.2, 0.25) is 5.91 Å². The first-order valence-electron chi connectivity index (χ1n) is 6.38. The number of carbonyl (C=O) groups is 1. The molecule has 0 bridgehead atoms. The topological polar surface area (TPSA) is 59.8 Å². The SMILES string of the molecule is O=C(/C=C/c1ccc(Cl)c(Cl)c1)NCCCn1cncn1. The zero-order valence-electron chi connectivity index (χ0n) is 11.2. The summed E-state index contributed by atoms with van der Waals surface area (Å²) in [5, 5.41) is 7.73. The Morgan fingerprint density at radius 3 is 2.90 bits per heavy atom. The van der Waals surface area contributed by atoms with Gasteiger partial charge >= 0.3 is 0 Å². The van der Waals surface area contributed by atoms with E-state index in [1.54, 1.807) is 35.3 Å². The Morgan fingerprint density at radius 1 is 1.33 bits per heavy atom. The van der Waals surface area contributed by atoms with Crippen molar-refractivity contribution < 1.29 is 4.79 Å². The van der Waals surface area contributed by atoms with Crippen molar-refractivity contribution in [2.24, 2.45) is 0 Å². The molecule has 0 aliphatic heterocycles. The molecule has 0 aliphatic carbocycles. The van der Waals surface area contributed by atoms with Gasteiger partial charge in [0.25, 0.3) is 0 Å². The lowest BCUT2D eigenvalue weighted by Crippen LogP contribution is -2.23. The maximum Gasteiger partial charge on any atom is 0.244 e. The molecule has 0 unspecified atom stereocenters. The van der Waals surface area contributed by atoms with E-state index in [1.807, 2.05) is 0 Å². The molecule has 5 nitrogen and oxygen atoms in total. The maximum absolute atomic E-state index is 11.6.